The summed E-state index contributed by atoms with van der Waals surface area (Å²) in [5.41, 5.74) is -0.0378. The van der Waals surface area contributed by atoms with E-state index in [9.17, 15) is 4.79 Å². The van der Waals surface area contributed by atoms with E-state index in [1.807, 2.05) is 12.3 Å². The average molecular weight is 222 g/mol. The molecule has 1 aliphatic rings. The van der Waals surface area contributed by atoms with E-state index in [2.05, 4.69) is 4.90 Å². The van der Waals surface area contributed by atoms with Gasteiger partial charge in [0.25, 0.3) is 5.56 Å². The quantitative estimate of drug-likeness (QED) is 0.761. The largest absolute Gasteiger partial charge is 0.491 e. The molecule has 0 spiro atoms. The zero-order chi connectivity index (χ0) is 11.4. The number of methoxy groups -OCH3 is 1. The van der Waals surface area contributed by atoms with E-state index in [4.69, 9.17) is 4.74 Å². The van der Waals surface area contributed by atoms with Crippen LogP contribution in [0.3, 0.4) is 0 Å². The van der Waals surface area contributed by atoms with E-state index < -0.39 is 0 Å². The summed E-state index contributed by atoms with van der Waals surface area (Å²) < 4.78 is 6.73. The van der Waals surface area contributed by atoms with Crippen molar-refractivity contribution in [1.29, 1.82) is 0 Å². The molecule has 0 unspecified atom stereocenters. The van der Waals surface area contributed by atoms with Gasteiger partial charge < -0.3 is 14.2 Å². The minimum atomic E-state index is -0.0378. The van der Waals surface area contributed by atoms with Crippen LogP contribution in [0.1, 0.15) is 12.8 Å². The van der Waals surface area contributed by atoms with Crippen LogP contribution in [-0.2, 0) is 6.54 Å². The minimum absolute atomic E-state index is 0.0378. The van der Waals surface area contributed by atoms with Crippen molar-refractivity contribution in [3.8, 4) is 5.75 Å². The molecule has 0 amide bonds. The lowest BCUT2D eigenvalue weighted by atomic mass is 10.4. The van der Waals surface area contributed by atoms with E-state index >= 15 is 0 Å². The van der Waals surface area contributed by atoms with Gasteiger partial charge in [0, 0.05) is 19.3 Å². The molecule has 0 radical (unpaired) electrons. The third-order valence-electron chi connectivity index (χ3n) is 3.06. The number of likely N-dealkylation sites (tertiary alicyclic amines) is 1. The summed E-state index contributed by atoms with van der Waals surface area (Å²) in [6, 6.07) is 3.55. The summed E-state index contributed by atoms with van der Waals surface area (Å²) in [6.45, 7) is 4.03. The third-order valence-corrected chi connectivity index (χ3v) is 3.06. The highest BCUT2D eigenvalue weighted by molar-refractivity contribution is 5.16. The normalized spacial score (nSPS) is 16.6. The molecule has 0 aliphatic carbocycles. The van der Waals surface area contributed by atoms with E-state index in [-0.39, 0.29) is 5.56 Å². The first-order valence-corrected chi connectivity index (χ1v) is 5.77. The second kappa shape index (κ2) is 5.16. The van der Waals surface area contributed by atoms with Crippen LogP contribution in [0.2, 0.25) is 0 Å². The van der Waals surface area contributed by atoms with Gasteiger partial charge in [-0.3, -0.25) is 4.79 Å². The first kappa shape index (κ1) is 11.2. The Balaban J connectivity index is 2.00. The topological polar surface area (TPSA) is 34.5 Å². The maximum atomic E-state index is 11.8. The van der Waals surface area contributed by atoms with Crippen LogP contribution in [0.5, 0.6) is 5.75 Å². The van der Waals surface area contributed by atoms with Gasteiger partial charge in [-0.2, -0.15) is 0 Å². The number of hydrogen-bond acceptors (Lipinski definition) is 3. The van der Waals surface area contributed by atoms with Crippen molar-refractivity contribution >= 4 is 0 Å². The summed E-state index contributed by atoms with van der Waals surface area (Å²) >= 11 is 0. The van der Waals surface area contributed by atoms with Crippen molar-refractivity contribution in [2.75, 3.05) is 26.7 Å². The Morgan fingerprint density at radius 3 is 2.75 bits per heavy atom. The lowest BCUT2D eigenvalue weighted by molar-refractivity contribution is 0.318. The molecule has 88 valence electrons. The van der Waals surface area contributed by atoms with E-state index in [0.29, 0.717) is 5.75 Å². The number of rotatable bonds is 4. The zero-order valence-electron chi connectivity index (χ0n) is 9.69. The summed E-state index contributed by atoms with van der Waals surface area (Å²) in [7, 11) is 1.53. The van der Waals surface area contributed by atoms with Gasteiger partial charge >= 0.3 is 0 Å². The van der Waals surface area contributed by atoms with Gasteiger partial charge in [-0.05, 0) is 38.1 Å². The number of pyridine rings is 1. The van der Waals surface area contributed by atoms with Gasteiger partial charge in [-0.1, -0.05) is 0 Å². The molecule has 4 nitrogen and oxygen atoms in total. The van der Waals surface area contributed by atoms with Crippen LogP contribution in [0, 0.1) is 0 Å². The van der Waals surface area contributed by atoms with E-state index in [1.54, 1.807) is 10.6 Å². The van der Waals surface area contributed by atoms with Crippen LogP contribution < -0.4 is 10.3 Å². The molecule has 0 N–H and O–H groups in total. The first-order chi connectivity index (χ1) is 7.81. The molecule has 0 bridgehead atoms. The van der Waals surface area contributed by atoms with Crippen LogP contribution in [0.4, 0.5) is 0 Å². The summed E-state index contributed by atoms with van der Waals surface area (Å²) in [6.07, 6.45) is 4.39. The second-order valence-electron chi connectivity index (χ2n) is 4.12. The maximum Gasteiger partial charge on any atom is 0.292 e. The van der Waals surface area contributed by atoms with Crippen LogP contribution in [0.15, 0.2) is 23.1 Å². The Kier molecular flexibility index (Phi) is 3.62. The summed E-state index contributed by atoms with van der Waals surface area (Å²) in [5, 5.41) is 0. The van der Waals surface area contributed by atoms with Gasteiger partial charge in [0.05, 0.1) is 7.11 Å². The number of nitrogens with zero attached hydrogens (tertiary/aromatic N) is 2. The van der Waals surface area contributed by atoms with Gasteiger partial charge in [-0.25, -0.2) is 0 Å². The molecular weight excluding hydrogens is 204 g/mol. The lowest BCUT2D eigenvalue weighted by Gasteiger charge is -2.15. The van der Waals surface area contributed by atoms with Crippen LogP contribution in [-0.4, -0.2) is 36.2 Å². The molecule has 16 heavy (non-hydrogen) atoms. The standard InChI is InChI=1S/C12H18N2O2/c1-16-11-5-4-8-14(12(11)15)10-9-13-6-2-3-7-13/h4-5,8H,2-3,6-7,9-10H2,1H3. The molecule has 1 fully saturated rings. The third kappa shape index (κ3) is 2.44. The molecule has 1 aliphatic heterocycles. The Bertz CT molecular complexity index is 394. The minimum Gasteiger partial charge on any atom is -0.491 e. The fraction of sp³-hybridized carbons (Fsp3) is 0.583. The average Bonchev–Trinajstić information content (AvgIpc) is 2.81. The Labute approximate surface area is 95.4 Å². The Morgan fingerprint density at radius 2 is 2.06 bits per heavy atom. The molecule has 1 aromatic rings. The highest BCUT2D eigenvalue weighted by atomic mass is 16.5. The highest BCUT2D eigenvalue weighted by Crippen LogP contribution is 2.07. The smallest absolute Gasteiger partial charge is 0.292 e. The van der Waals surface area contributed by atoms with Gasteiger partial charge in [0.15, 0.2) is 5.75 Å². The molecule has 2 heterocycles. The van der Waals surface area contributed by atoms with Crippen molar-refractivity contribution in [3.63, 3.8) is 0 Å². The fourth-order valence-corrected chi connectivity index (χ4v) is 2.10. The number of ether oxygens (including phenoxy) is 1. The van der Waals surface area contributed by atoms with E-state index in [1.165, 1.54) is 33.0 Å². The van der Waals surface area contributed by atoms with Crippen molar-refractivity contribution < 1.29 is 4.74 Å². The number of hydrogen-bond donors (Lipinski definition) is 0. The van der Waals surface area contributed by atoms with Gasteiger partial charge in [0.1, 0.15) is 0 Å². The predicted molar refractivity (Wildman–Crippen MR) is 62.9 cm³/mol. The summed E-state index contributed by atoms with van der Waals surface area (Å²) in [4.78, 5) is 14.2. The Hall–Kier alpha value is -1.29. The highest BCUT2D eigenvalue weighted by Gasteiger charge is 2.11. The molecule has 4 heteroatoms. The van der Waals surface area contributed by atoms with Crippen LogP contribution >= 0.6 is 0 Å². The van der Waals surface area contributed by atoms with Crippen molar-refractivity contribution in [2.24, 2.45) is 0 Å². The second-order valence-corrected chi connectivity index (χ2v) is 4.12. The molecule has 1 aromatic heterocycles. The molecule has 0 aromatic carbocycles. The summed E-state index contributed by atoms with van der Waals surface area (Å²) in [5.74, 6) is 0.420. The van der Waals surface area contributed by atoms with Crippen LogP contribution in [0.25, 0.3) is 0 Å². The lowest BCUT2D eigenvalue weighted by Crippen LogP contribution is -2.29. The van der Waals surface area contributed by atoms with Crippen molar-refractivity contribution in [3.05, 3.63) is 28.7 Å². The predicted octanol–water partition coefficient (Wildman–Crippen LogP) is 0.953. The number of aromatic nitrogens is 1. The molecule has 0 saturated carbocycles. The first-order valence-electron chi connectivity index (χ1n) is 5.77. The molecule has 1 saturated heterocycles. The SMILES string of the molecule is COc1cccn(CCN2CCCC2)c1=O. The van der Waals surface area contributed by atoms with Gasteiger partial charge in [0.2, 0.25) is 0 Å². The van der Waals surface area contributed by atoms with Crippen molar-refractivity contribution in [1.82, 2.24) is 9.47 Å². The fourth-order valence-electron chi connectivity index (χ4n) is 2.10. The maximum absolute atomic E-state index is 11.8. The Morgan fingerprint density at radius 1 is 1.31 bits per heavy atom. The molecule has 0 atom stereocenters. The monoisotopic (exact) mass is 222 g/mol. The van der Waals surface area contributed by atoms with Gasteiger partial charge in [-0.15, -0.1) is 0 Å². The molecular formula is C12H18N2O2. The molecule has 2 rings (SSSR count). The van der Waals surface area contributed by atoms with E-state index in [0.717, 1.165) is 13.1 Å². The van der Waals surface area contributed by atoms with Crippen molar-refractivity contribution in [2.45, 2.75) is 19.4 Å². The zero-order valence-corrected chi connectivity index (χ0v) is 9.69.